The van der Waals surface area contributed by atoms with Crippen molar-refractivity contribution >= 4 is 12.2 Å². The first-order valence-electron chi connectivity index (χ1n) is 5.49. The van der Waals surface area contributed by atoms with Crippen molar-refractivity contribution in [2.24, 2.45) is 11.8 Å². The van der Waals surface area contributed by atoms with E-state index in [1.165, 1.54) is 0 Å². The van der Waals surface area contributed by atoms with Gasteiger partial charge in [0.2, 0.25) is 5.91 Å². The van der Waals surface area contributed by atoms with Gasteiger partial charge in [-0.1, -0.05) is 0 Å². The van der Waals surface area contributed by atoms with Crippen molar-refractivity contribution in [3.8, 4) is 0 Å². The van der Waals surface area contributed by atoms with E-state index < -0.39 is 0 Å². The molecule has 0 atom stereocenters. The highest BCUT2D eigenvalue weighted by Crippen LogP contribution is 2.30. The topological polar surface area (TPSA) is 46.2 Å². The average Bonchev–Trinajstić information content (AvgIpc) is 2.20. The van der Waals surface area contributed by atoms with Crippen molar-refractivity contribution in [2.75, 3.05) is 6.54 Å². The van der Waals surface area contributed by atoms with Crippen LogP contribution >= 0.6 is 0 Å². The van der Waals surface area contributed by atoms with E-state index in [0.717, 1.165) is 32.0 Å². The van der Waals surface area contributed by atoms with Crippen molar-refractivity contribution in [1.29, 1.82) is 0 Å². The monoisotopic (exact) mass is 197 g/mol. The molecule has 0 saturated heterocycles. The van der Waals surface area contributed by atoms with Crippen LogP contribution in [0.5, 0.6) is 0 Å². The van der Waals surface area contributed by atoms with Gasteiger partial charge in [-0.05, 0) is 38.5 Å². The van der Waals surface area contributed by atoms with Crippen LogP contribution in [0.4, 0.5) is 0 Å². The highest BCUT2D eigenvalue weighted by molar-refractivity contribution is 5.78. The van der Waals surface area contributed by atoms with E-state index >= 15 is 0 Å². The number of aldehydes is 1. The van der Waals surface area contributed by atoms with E-state index in [9.17, 15) is 9.59 Å². The first-order valence-corrected chi connectivity index (χ1v) is 5.49. The molecule has 0 aliphatic heterocycles. The SMILES string of the molecule is CCNC(=O)[C@H]1CC[C@H](CC=O)CC1. The maximum atomic E-state index is 11.5. The van der Waals surface area contributed by atoms with Crippen LogP contribution in [0.2, 0.25) is 0 Å². The minimum atomic E-state index is 0.192. The molecular weight excluding hydrogens is 178 g/mol. The van der Waals surface area contributed by atoms with E-state index in [0.29, 0.717) is 18.9 Å². The summed E-state index contributed by atoms with van der Waals surface area (Å²) >= 11 is 0. The van der Waals surface area contributed by atoms with E-state index in [1.54, 1.807) is 0 Å². The van der Waals surface area contributed by atoms with Crippen LogP contribution in [0.3, 0.4) is 0 Å². The molecule has 0 aromatic heterocycles. The van der Waals surface area contributed by atoms with Crippen LogP contribution < -0.4 is 5.32 Å². The Labute approximate surface area is 85.3 Å². The molecule has 0 bridgehead atoms. The molecule has 0 unspecified atom stereocenters. The van der Waals surface area contributed by atoms with Crippen molar-refractivity contribution < 1.29 is 9.59 Å². The molecule has 1 amide bonds. The molecule has 0 spiro atoms. The second-order valence-corrected chi connectivity index (χ2v) is 4.01. The Kier molecular flexibility index (Phi) is 4.63. The lowest BCUT2D eigenvalue weighted by molar-refractivity contribution is -0.126. The maximum absolute atomic E-state index is 11.5. The number of rotatable bonds is 4. The largest absolute Gasteiger partial charge is 0.356 e. The van der Waals surface area contributed by atoms with E-state index in [1.807, 2.05) is 6.92 Å². The Balaban J connectivity index is 2.27. The zero-order valence-corrected chi connectivity index (χ0v) is 8.79. The third-order valence-corrected chi connectivity index (χ3v) is 3.00. The van der Waals surface area contributed by atoms with Gasteiger partial charge < -0.3 is 10.1 Å². The second kappa shape index (κ2) is 5.78. The molecule has 14 heavy (non-hydrogen) atoms. The Morgan fingerprint density at radius 3 is 2.50 bits per heavy atom. The molecule has 1 fully saturated rings. The molecule has 1 aliphatic carbocycles. The van der Waals surface area contributed by atoms with Crippen molar-refractivity contribution in [1.82, 2.24) is 5.32 Å². The zero-order chi connectivity index (χ0) is 10.4. The first kappa shape index (κ1) is 11.2. The Hall–Kier alpha value is -0.860. The Morgan fingerprint density at radius 1 is 1.36 bits per heavy atom. The van der Waals surface area contributed by atoms with Crippen LogP contribution in [0.15, 0.2) is 0 Å². The Morgan fingerprint density at radius 2 is 2.00 bits per heavy atom. The molecule has 0 radical (unpaired) electrons. The van der Waals surface area contributed by atoms with Gasteiger partial charge in [-0.15, -0.1) is 0 Å². The third-order valence-electron chi connectivity index (χ3n) is 3.00. The fourth-order valence-corrected chi connectivity index (χ4v) is 2.11. The van der Waals surface area contributed by atoms with E-state index in [-0.39, 0.29) is 11.8 Å². The van der Waals surface area contributed by atoms with E-state index in [4.69, 9.17) is 0 Å². The number of hydrogen-bond donors (Lipinski definition) is 1. The van der Waals surface area contributed by atoms with Crippen molar-refractivity contribution in [3.05, 3.63) is 0 Å². The molecule has 1 rings (SSSR count). The number of carbonyl (C=O) groups is 2. The van der Waals surface area contributed by atoms with Crippen LogP contribution in [0.1, 0.15) is 39.0 Å². The fourth-order valence-electron chi connectivity index (χ4n) is 2.11. The summed E-state index contributed by atoms with van der Waals surface area (Å²) in [5.41, 5.74) is 0. The Bertz CT molecular complexity index is 195. The normalized spacial score (nSPS) is 26.9. The highest BCUT2D eigenvalue weighted by Gasteiger charge is 2.25. The minimum absolute atomic E-state index is 0.192. The van der Waals surface area contributed by atoms with Crippen molar-refractivity contribution in [2.45, 2.75) is 39.0 Å². The number of carbonyl (C=O) groups excluding carboxylic acids is 2. The molecule has 1 aliphatic rings. The summed E-state index contributed by atoms with van der Waals surface area (Å²) < 4.78 is 0. The van der Waals surface area contributed by atoms with Crippen molar-refractivity contribution in [3.63, 3.8) is 0 Å². The molecule has 1 N–H and O–H groups in total. The predicted octanol–water partition coefficient (Wildman–Crippen LogP) is 1.52. The molecule has 0 aromatic rings. The van der Waals surface area contributed by atoms with Gasteiger partial charge in [0.15, 0.2) is 0 Å². The van der Waals surface area contributed by atoms with Crippen LogP contribution in [0, 0.1) is 11.8 Å². The van der Waals surface area contributed by atoms with Gasteiger partial charge in [0.05, 0.1) is 0 Å². The molecule has 3 nitrogen and oxygen atoms in total. The lowest BCUT2D eigenvalue weighted by Crippen LogP contribution is -2.33. The summed E-state index contributed by atoms with van der Waals surface area (Å²) in [6.45, 7) is 2.66. The number of hydrogen-bond acceptors (Lipinski definition) is 2. The summed E-state index contributed by atoms with van der Waals surface area (Å²) in [5, 5.41) is 2.85. The van der Waals surface area contributed by atoms with Crippen LogP contribution in [-0.4, -0.2) is 18.7 Å². The third kappa shape index (κ3) is 3.13. The van der Waals surface area contributed by atoms with Crippen LogP contribution in [-0.2, 0) is 9.59 Å². The molecule has 80 valence electrons. The van der Waals surface area contributed by atoms with Gasteiger partial charge in [-0.3, -0.25) is 4.79 Å². The van der Waals surface area contributed by atoms with Gasteiger partial charge in [0.25, 0.3) is 0 Å². The molecular formula is C11H19NO2. The fraction of sp³-hybridized carbons (Fsp3) is 0.818. The standard InChI is InChI=1S/C11H19NO2/c1-2-12-11(14)10-5-3-9(4-6-10)7-8-13/h8-10H,2-7H2,1H3,(H,12,14)/t9-,10-. The first-order chi connectivity index (χ1) is 6.77. The number of nitrogens with one attached hydrogen (secondary N) is 1. The summed E-state index contributed by atoms with van der Waals surface area (Å²) in [4.78, 5) is 21.8. The lowest BCUT2D eigenvalue weighted by atomic mass is 9.80. The molecule has 0 heterocycles. The van der Waals surface area contributed by atoms with Gasteiger partial charge >= 0.3 is 0 Å². The second-order valence-electron chi connectivity index (χ2n) is 4.01. The van der Waals surface area contributed by atoms with E-state index in [2.05, 4.69) is 5.32 Å². The maximum Gasteiger partial charge on any atom is 0.223 e. The summed E-state index contributed by atoms with van der Waals surface area (Å²) in [5.74, 6) is 0.910. The van der Waals surface area contributed by atoms with Gasteiger partial charge in [-0.25, -0.2) is 0 Å². The lowest BCUT2D eigenvalue weighted by Gasteiger charge is -2.26. The van der Waals surface area contributed by atoms with Gasteiger partial charge in [0.1, 0.15) is 6.29 Å². The van der Waals surface area contributed by atoms with Gasteiger partial charge in [0, 0.05) is 18.9 Å². The molecule has 3 heteroatoms. The smallest absolute Gasteiger partial charge is 0.223 e. The zero-order valence-electron chi connectivity index (χ0n) is 8.79. The number of amides is 1. The quantitative estimate of drug-likeness (QED) is 0.694. The minimum Gasteiger partial charge on any atom is -0.356 e. The van der Waals surface area contributed by atoms with Crippen LogP contribution in [0.25, 0.3) is 0 Å². The predicted molar refractivity (Wildman–Crippen MR) is 54.8 cm³/mol. The van der Waals surface area contributed by atoms with Gasteiger partial charge in [-0.2, -0.15) is 0 Å². The summed E-state index contributed by atoms with van der Waals surface area (Å²) in [6, 6.07) is 0. The summed E-state index contributed by atoms with van der Waals surface area (Å²) in [6.07, 6.45) is 5.62. The molecule has 1 saturated carbocycles. The molecule has 0 aromatic carbocycles. The average molecular weight is 197 g/mol. The highest BCUT2D eigenvalue weighted by atomic mass is 16.1. The summed E-state index contributed by atoms with van der Waals surface area (Å²) in [7, 11) is 0.